The molecular weight excluding hydrogens is 266 g/mol. The molecule has 16 heavy (non-hydrogen) atoms. The maximum Gasteiger partial charge on any atom is 0.133 e. The van der Waals surface area contributed by atoms with Crippen molar-refractivity contribution in [2.45, 2.75) is 45.6 Å². The zero-order valence-electron chi connectivity index (χ0n) is 9.91. The molecule has 1 aliphatic heterocycles. The molecule has 0 aliphatic carbocycles. The zero-order chi connectivity index (χ0) is 11.5. The van der Waals surface area contributed by atoms with E-state index in [0.29, 0.717) is 6.04 Å². The van der Waals surface area contributed by atoms with Crippen molar-refractivity contribution < 1.29 is 0 Å². The molecule has 4 heteroatoms. The van der Waals surface area contributed by atoms with Crippen molar-refractivity contribution in [3.63, 3.8) is 0 Å². The molecule has 0 aromatic carbocycles. The lowest BCUT2D eigenvalue weighted by Crippen LogP contribution is -2.29. The predicted molar refractivity (Wildman–Crippen MR) is 69.8 cm³/mol. The van der Waals surface area contributed by atoms with Crippen LogP contribution in [0.1, 0.15) is 38.9 Å². The molecule has 0 saturated carbocycles. The molecule has 0 amide bonds. The van der Waals surface area contributed by atoms with Gasteiger partial charge in [-0.05, 0) is 35.2 Å². The lowest BCUT2D eigenvalue weighted by Gasteiger charge is -2.25. The predicted octanol–water partition coefficient (Wildman–Crippen LogP) is 3.18. The first kappa shape index (κ1) is 11.8. The quantitative estimate of drug-likeness (QED) is 0.798. The minimum atomic E-state index is 0.659. The second-order valence-corrected chi connectivity index (χ2v) is 5.03. The van der Waals surface area contributed by atoms with Gasteiger partial charge in [-0.1, -0.05) is 13.8 Å². The average molecular weight is 284 g/mol. The first-order valence-electron chi connectivity index (χ1n) is 6.04. The van der Waals surface area contributed by atoms with Gasteiger partial charge in [0.15, 0.2) is 0 Å². The van der Waals surface area contributed by atoms with Gasteiger partial charge in [-0.2, -0.15) is 0 Å². The van der Waals surface area contributed by atoms with Crippen molar-refractivity contribution in [1.82, 2.24) is 9.97 Å². The molecule has 1 aromatic heterocycles. The van der Waals surface area contributed by atoms with Crippen LogP contribution in [-0.2, 0) is 6.42 Å². The third-order valence-corrected chi connectivity index (χ3v) is 3.59. The van der Waals surface area contributed by atoms with Crippen molar-refractivity contribution in [3.05, 3.63) is 16.5 Å². The number of hydrogen-bond acceptors (Lipinski definition) is 3. The molecule has 2 heterocycles. The minimum absolute atomic E-state index is 0.659. The summed E-state index contributed by atoms with van der Waals surface area (Å²) in [6, 6.07) is 2.69. The molecule has 0 spiro atoms. The van der Waals surface area contributed by atoms with Crippen LogP contribution in [0.15, 0.2) is 10.7 Å². The summed E-state index contributed by atoms with van der Waals surface area (Å²) in [6.45, 7) is 5.47. The standard InChI is InChI=1S/C12H18BrN3/c1-3-9-6-5-7-16(9)12-8-10(13)14-11(4-2)15-12/h8-9H,3-7H2,1-2H3. The Morgan fingerprint density at radius 3 is 2.94 bits per heavy atom. The van der Waals surface area contributed by atoms with Gasteiger partial charge in [0.2, 0.25) is 0 Å². The summed E-state index contributed by atoms with van der Waals surface area (Å²) in [4.78, 5) is 11.4. The molecule has 1 unspecified atom stereocenters. The fourth-order valence-electron chi connectivity index (χ4n) is 2.32. The number of rotatable bonds is 3. The fourth-order valence-corrected chi connectivity index (χ4v) is 2.73. The molecule has 1 aromatic rings. The molecule has 1 aliphatic rings. The normalized spacial score (nSPS) is 20.4. The Balaban J connectivity index is 2.28. The van der Waals surface area contributed by atoms with Gasteiger partial charge in [0, 0.05) is 25.1 Å². The molecule has 1 fully saturated rings. The third kappa shape index (κ3) is 2.37. The van der Waals surface area contributed by atoms with Crippen molar-refractivity contribution in [1.29, 1.82) is 0 Å². The van der Waals surface area contributed by atoms with E-state index in [0.717, 1.165) is 29.2 Å². The first-order valence-corrected chi connectivity index (χ1v) is 6.84. The van der Waals surface area contributed by atoms with Crippen LogP contribution in [0, 0.1) is 0 Å². The fraction of sp³-hybridized carbons (Fsp3) is 0.667. The van der Waals surface area contributed by atoms with E-state index in [9.17, 15) is 0 Å². The largest absolute Gasteiger partial charge is 0.354 e. The van der Waals surface area contributed by atoms with Crippen LogP contribution in [0.4, 0.5) is 5.82 Å². The highest BCUT2D eigenvalue weighted by Gasteiger charge is 2.24. The Kier molecular flexibility index (Phi) is 3.79. The molecule has 1 atom stereocenters. The van der Waals surface area contributed by atoms with Crippen LogP contribution in [0.25, 0.3) is 0 Å². The van der Waals surface area contributed by atoms with E-state index in [4.69, 9.17) is 0 Å². The van der Waals surface area contributed by atoms with Gasteiger partial charge in [-0.15, -0.1) is 0 Å². The van der Waals surface area contributed by atoms with E-state index < -0.39 is 0 Å². The highest BCUT2D eigenvalue weighted by Crippen LogP contribution is 2.27. The Morgan fingerprint density at radius 2 is 2.25 bits per heavy atom. The summed E-state index contributed by atoms with van der Waals surface area (Å²) in [7, 11) is 0. The Labute approximate surface area is 105 Å². The maximum atomic E-state index is 4.62. The topological polar surface area (TPSA) is 29.0 Å². The van der Waals surface area contributed by atoms with Crippen molar-refractivity contribution in [2.24, 2.45) is 0 Å². The second kappa shape index (κ2) is 5.13. The van der Waals surface area contributed by atoms with Crippen LogP contribution in [0.2, 0.25) is 0 Å². The first-order chi connectivity index (χ1) is 7.74. The number of nitrogens with zero attached hydrogens (tertiary/aromatic N) is 3. The smallest absolute Gasteiger partial charge is 0.133 e. The van der Waals surface area contributed by atoms with E-state index in [-0.39, 0.29) is 0 Å². The van der Waals surface area contributed by atoms with Crippen LogP contribution in [-0.4, -0.2) is 22.6 Å². The monoisotopic (exact) mass is 283 g/mol. The number of hydrogen-bond donors (Lipinski definition) is 0. The van der Waals surface area contributed by atoms with Gasteiger partial charge in [0.25, 0.3) is 0 Å². The second-order valence-electron chi connectivity index (χ2n) is 4.22. The van der Waals surface area contributed by atoms with Crippen LogP contribution >= 0.6 is 15.9 Å². The SMILES string of the molecule is CCc1nc(Br)cc(N2CCCC2CC)n1. The van der Waals surface area contributed by atoms with Crippen molar-refractivity contribution >= 4 is 21.7 Å². The summed E-state index contributed by atoms with van der Waals surface area (Å²) in [5.41, 5.74) is 0. The van der Waals surface area contributed by atoms with Crippen molar-refractivity contribution in [3.8, 4) is 0 Å². The van der Waals surface area contributed by atoms with Gasteiger partial charge in [0.1, 0.15) is 16.2 Å². The van der Waals surface area contributed by atoms with E-state index in [1.807, 2.05) is 6.07 Å². The molecule has 2 rings (SSSR count). The van der Waals surface area contributed by atoms with E-state index in [2.05, 4.69) is 44.6 Å². The maximum absolute atomic E-state index is 4.62. The molecule has 0 N–H and O–H groups in total. The van der Waals surface area contributed by atoms with Gasteiger partial charge in [0.05, 0.1) is 0 Å². The highest BCUT2D eigenvalue weighted by atomic mass is 79.9. The Hall–Kier alpha value is -0.640. The zero-order valence-corrected chi connectivity index (χ0v) is 11.5. The van der Waals surface area contributed by atoms with Gasteiger partial charge in [-0.25, -0.2) is 9.97 Å². The van der Waals surface area contributed by atoms with Gasteiger partial charge >= 0.3 is 0 Å². The molecular formula is C12H18BrN3. The Morgan fingerprint density at radius 1 is 1.44 bits per heavy atom. The number of aromatic nitrogens is 2. The summed E-state index contributed by atoms with van der Waals surface area (Å²) >= 11 is 3.46. The van der Waals surface area contributed by atoms with Crippen molar-refractivity contribution in [2.75, 3.05) is 11.4 Å². The number of halogens is 1. The summed E-state index contributed by atoms with van der Waals surface area (Å²) in [6.07, 6.45) is 4.65. The highest BCUT2D eigenvalue weighted by molar-refractivity contribution is 9.10. The lowest BCUT2D eigenvalue weighted by molar-refractivity contribution is 0.638. The van der Waals surface area contributed by atoms with E-state index in [1.165, 1.54) is 19.3 Å². The van der Waals surface area contributed by atoms with Gasteiger partial charge in [-0.3, -0.25) is 0 Å². The van der Waals surface area contributed by atoms with Crippen LogP contribution in [0.3, 0.4) is 0 Å². The number of anilines is 1. The molecule has 0 bridgehead atoms. The van der Waals surface area contributed by atoms with E-state index in [1.54, 1.807) is 0 Å². The third-order valence-electron chi connectivity index (χ3n) is 3.19. The Bertz CT molecular complexity index is 367. The van der Waals surface area contributed by atoms with E-state index >= 15 is 0 Å². The molecule has 0 radical (unpaired) electrons. The minimum Gasteiger partial charge on any atom is -0.354 e. The van der Waals surface area contributed by atoms with Crippen LogP contribution < -0.4 is 4.90 Å². The average Bonchev–Trinajstić information content (AvgIpc) is 2.76. The lowest BCUT2D eigenvalue weighted by atomic mass is 10.2. The summed E-state index contributed by atoms with van der Waals surface area (Å²) in [5, 5.41) is 0. The summed E-state index contributed by atoms with van der Waals surface area (Å²) < 4.78 is 0.899. The molecule has 1 saturated heterocycles. The number of aryl methyl sites for hydroxylation is 1. The molecule has 3 nitrogen and oxygen atoms in total. The summed E-state index contributed by atoms with van der Waals surface area (Å²) in [5.74, 6) is 2.01. The van der Waals surface area contributed by atoms with Crippen LogP contribution in [0.5, 0.6) is 0 Å². The molecule has 88 valence electrons. The van der Waals surface area contributed by atoms with Gasteiger partial charge < -0.3 is 4.90 Å².